The normalized spacial score (nSPS) is 32.9. The smallest absolute Gasteiger partial charge is 0.183 e. The van der Waals surface area contributed by atoms with E-state index in [1.807, 2.05) is 22.6 Å². The van der Waals surface area contributed by atoms with Crippen LogP contribution >= 0.6 is 22.6 Å². The summed E-state index contributed by atoms with van der Waals surface area (Å²) in [6.45, 7) is 1.00. The SMILES string of the molecule is CC1(O)C(O)C(CO)OC1n1nc(I)c2c(N)ncnc21. The second-order valence-electron chi connectivity index (χ2n) is 5.07. The predicted molar refractivity (Wildman–Crippen MR) is 80.1 cm³/mol. The summed E-state index contributed by atoms with van der Waals surface area (Å²) in [5, 5.41) is 34.6. The van der Waals surface area contributed by atoms with Crippen LogP contribution in [0.15, 0.2) is 6.33 Å². The van der Waals surface area contributed by atoms with Crippen molar-refractivity contribution in [2.75, 3.05) is 12.3 Å². The molecule has 0 bridgehead atoms. The van der Waals surface area contributed by atoms with Gasteiger partial charge in [0, 0.05) is 0 Å². The zero-order chi connectivity index (χ0) is 15.4. The van der Waals surface area contributed by atoms with Gasteiger partial charge < -0.3 is 25.8 Å². The molecule has 1 saturated heterocycles. The molecule has 4 unspecified atom stereocenters. The van der Waals surface area contributed by atoms with Crippen molar-refractivity contribution >= 4 is 39.4 Å². The first-order valence-electron chi connectivity index (χ1n) is 6.19. The Balaban J connectivity index is 2.15. The van der Waals surface area contributed by atoms with Gasteiger partial charge >= 0.3 is 0 Å². The maximum Gasteiger partial charge on any atom is 0.183 e. The molecule has 114 valence electrons. The molecule has 0 aromatic carbocycles. The van der Waals surface area contributed by atoms with Crippen molar-refractivity contribution in [2.45, 2.75) is 31.0 Å². The largest absolute Gasteiger partial charge is 0.394 e. The number of hydrogen-bond donors (Lipinski definition) is 4. The molecule has 0 aliphatic carbocycles. The van der Waals surface area contributed by atoms with Crippen molar-refractivity contribution in [1.29, 1.82) is 0 Å². The van der Waals surface area contributed by atoms with E-state index in [1.165, 1.54) is 17.9 Å². The molecule has 1 aliphatic heterocycles. The minimum atomic E-state index is -1.63. The third kappa shape index (κ3) is 2.09. The lowest BCUT2D eigenvalue weighted by Gasteiger charge is -2.26. The standard InChI is InChI=1S/C11H14IN5O4/c1-11(20)6(19)4(2-18)21-10(11)17-9-5(7(12)16-17)8(13)14-3-15-9/h3-4,6,10,18-20H,2H2,1H3,(H2,13,14,15). The number of ether oxygens (including phenoxy) is 1. The molecule has 4 atom stereocenters. The van der Waals surface area contributed by atoms with Gasteiger partial charge in [-0.15, -0.1) is 0 Å². The van der Waals surface area contributed by atoms with Crippen molar-refractivity contribution in [1.82, 2.24) is 19.7 Å². The van der Waals surface area contributed by atoms with Gasteiger partial charge in [0.25, 0.3) is 0 Å². The molecule has 3 heterocycles. The maximum atomic E-state index is 10.5. The first-order chi connectivity index (χ1) is 9.87. The van der Waals surface area contributed by atoms with Crippen LogP contribution in [0, 0.1) is 3.70 Å². The van der Waals surface area contributed by atoms with Gasteiger partial charge in [0.15, 0.2) is 11.9 Å². The van der Waals surface area contributed by atoms with Crippen molar-refractivity contribution in [3.05, 3.63) is 10.0 Å². The highest BCUT2D eigenvalue weighted by Crippen LogP contribution is 2.39. The van der Waals surface area contributed by atoms with E-state index in [2.05, 4.69) is 15.1 Å². The number of aliphatic hydroxyl groups is 3. The molecule has 2 aromatic heterocycles. The monoisotopic (exact) mass is 407 g/mol. The van der Waals surface area contributed by atoms with E-state index in [-0.39, 0.29) is 5.82 Å². The number of nitrogens with zero attached hydrogens (tertiary/aromatic N) is 4. The van der Waals surface area contributed by atoms with Crippen LogP contribution in [0.3, 0.4) is 0 Å². The number of nitrogen functional groups attached to an aromatic ring is 1. The quantitative estimate of drug-likeness (QED) is 0.466. The van der Waals surface area contributed by atoms with Gasteiger partial charge in [-0.1, -0.05) is 0 Å². The molecular weight excluding hydrogens is 393 g/mol. The number of fused-ring (bicyclic) bond motifs is 1. The number of aliphatic hydroxyl groups excluding tert-OH is 2. The van der Waals surface area contributed by atoms with Gasteiger partial charge in [0.1, 0.15) is 33.7 Å². The molecule has 0 radical (unpaired) electrons. The molecule has 0 amide bonds. The van der Waals surface area contributed by atoms with E-state index in [0.717, 1.165) is 0 Å². The van der Waals surface area contributed by atoms with Crippen molar-refractivity contribution in [3.63, 3.8) is 0 Å². The summed E-state index contributed by atoms with van der Waals surface area (Å²) in [5.74, 6) is 0.271. The van der Waals surface area contributed by atoms with Crippen LogP contribution in [0.5, 0.6) is 0 Å². The second kappa shape index (κ2) is 4.98. The second-order valence-corrected chi connectivity index (χ2v) is 6.09. The molecule has 1 aliphatic rings. The molecule has 2 aromatic rings. The molecule has 5 N–H and O–H groups in total. The average Bonchev–Trinajstić information content (AvgIpc) is 2.87. The van der Waals surface area contributed by atoms with Crippen LogP contribution in [0.2, 0.25) is 0 Å². The minimum Gasteiger partial charge on any atom is -0.394 e. The Labute approximate surface area is 132 Å². The fraction of sp³-hybridized carbons (Fsp3) is 0.545. The first kappa shape index (κ1) is 14.8. The summed E-state index contributed by atoms with van der Waals surface area (Å²) in [7, 11) is 0. The van der Waals surface area contributed by atoms with Crippen LogP contribution in [0.4, 0.5) is 5.82 Å². The topological polar surface area (TPSA) is 140 Å². The van der Waals surface area contributed by atoms with Gasteiger partial charge in [-0.3, -0.25) is 0 Å². The summed E-state index contributed by atoms with van der Waals surface area (Å²) >= 11 is 1.98. The van der Waals surface area contributed by atoms with Crippen molar-refractivity contribution in [2.24, 2.45) is 0 Å². The molecular formula is C11H14IN5O4. The highest BCUT2D eigenvalue weighted by Gasteiger charge is 2.53. The molecule has 3 rings (SSSR count). The lowest BCUT2D eigenvalue weighted by Crippen LogP contribution is -2.44. The first-order valence-corrected chi connectivity index (χ1v) is 7.26. The average molecular weight is 407 g/mol. The van der Waals surface area contributed by atoms with E-state index in [0.29, 0.717) is 14.7 Å². The number of anilines is 1. The zero-order valence-corrected chi connectivity index (χ0v) is 13.2. The fourth-order valence-corrected chi connectivity index (χ4v) is 3.21. The molecule has 0 saturated carbocycles. The highest BCUT2D eigenvalue weighted by atomic mass is 127. The molecule has 9 nitrogen and oxygen atoms in total. The molecule has 21 heavy (non-hydrogen) atoms. The molecule has 0 spiro atoms. The fourth-order valence-electron chi connectivity index (χ4n) is 2.46. The Kier molecular flexibility index (Phi) is 3.52. The third-order valence-corrected chi connectivity index (χ3v) is 4.39. The van der Waals surface area contributed by atoms with Crippen molar-refractivity contribution < 1.29 is 20.1 Å². The maximum absolute atomic E-state index is 10.5. The van der Waals surface area contributed by atoms with Crippen LogP contribution in [0.1, 0.15) is 13.2 Å². The van der Waals surface area contributed by atoms with Gasteiger partial charge in [-0.25, -0.2) is 14.6 Å². The van der Waals surface area contributed by atoms with Gasteiger partial charge in [0.05, 0.1) is 12.0 Å². The van der Waals surface area contributed by atoms with E-state index < -0.39 is 30.6 Å². The number of rotatable bonds is 2. The summed E-state index contributed by atoms with van der Waals surface area (Å²) in [5.41, 5.74) is 4.58. The Morgan fingerprint density at radius 2 is 2.24 bits per heavy atom. The van der Waals surface area contributed by atoms with E-state index >= 15 is 0 Å². The number of halogens is 1. The summed E-state index contributed by atoms with van der Waals surface area (Å²) in [4.78, 5) is 8.02. The Bertz CT molecular complexity index is 691. The predicted octanol–water partition coefficient (Wildman–Crippen LogP) is -0.985. The highest BCUT2D eigenvalue weighted by molar-refractivity contribution is 14.1. The molecule has 1 fully saturated rings. The van der Waals surface area contributed by atoms with E-state index in [9.17, 15) is 15.3 Å². The minimum absolute atomic E-state index is 0.271. The Morgan fingerprint density at radius 1 is 1.52 bits per heavy atom. The summed E-state index contributed by atoms with van der Waals surface area (Å²) in [6.07, 6.45) is -1.86. The van der Waals surface area contributed by atoms with Crippen LogP contribution in [-0.2, 0) is 4.74 Å². The number of aromatic nitrogens is 4. The van der Waals surface area contributed by atoms with Crippen molar-refractivity contribution in [3.8, 4) is 0 Å². The Morgan fingerprint density at radius 3 is 2.86 bits per heavy atom. The lowest BCUT2D eigenvalue weighted by atomic mass is 9.97. The summed E-state index contributed by atoms with van der Waals surface area (Å²) in [6, 6.07) is 0. The van der Waals surface area contributed by atoms with E-state index in [1.54, 1.807) is 0 Å². The lowest BCUT2D eigenvalue weighted by molar-refractivity contribution is -0.100. The van der Waals surface area contributed by atoms with Crippen LogP contribution in [0.25, 0.3) is 11.0 Å². The Hall–Kier alpha value is -1.08. The van der Waals surface area contributed by atoms with Gasteiger partial charge in [-0.2, -0.15) is 5.10 Å². The number of nitrogens with two attached hydrogens (primary N) is 1. The molecule has 10 heteroatoms. The van der Waals surface area contributed by atoms with E-state index in [4.69, 9.17) is 10.5 Å². The third-order valence-electron chi connectivity index (χ3n) is 3.63. The van der Waals surface area contributed by atoms with Crippen LogP contribution in [-0.4, -0.2) is 59.5 Å². The van der Waals surface area contributed by atoms with Gasteiger partial charge in [0.2, 0.25) is 0 Å². The number of hydrogen-bond acceptors (Lipinski definition) is 8. The zero-order valence-electron chi connectivity index (χ0n) is 11.0. The van der Waals surface area contributed by atoms with Crippen LogP contribution < -0.4 is 5.73 Å². The van der Waals surface area contributed by atoms with Gasteiger partial charge in [-0.05, 0) is 29.5 Å². The summed E-state index contributed by atoms with van der Waals surface area (Å²) < 4.78 is 7.44.